The van der Waals surface area contributed by atoms with Gasteiger partial charge in [0.25, 0.3) is 0 Å². The molecule has 0 aliphatic carbocycles. The third-order valence-electron chi connectivity index (χ3n) is 1.70. The highest BCUT2D eigenvalue weighted by Crippen LogP contribution is 2.28. The molecule has 0 spiro atoms. The molecular weight excluding hydrogens is 192 g/mol. The van der Waals surface area contributed by atoms with Gasteiger partial charge in [0.1, 0.15) is 0 Å². The predicted octanol–water partition coefficient (Wildman–Crippen LogP) is 2.94. The minimum Gasteiger partial charge on any atom is -0.277 e. The van der Waals surface area contributed by atoms with Crippen molar-refractivity contribution >= 4 is 34.3 Å². The SMILES string of the molecule is CSc1cc(Cl)cc2cn[nH]c12. The van der Waals surface area contributed by atoms with E-state index in [1.807, 2.05) is 18.4 Å². The summed E-state index contributed by atoms with van der Waals surface area (Å²) in [6.07, 6.45) is 3.80. The van der Waals surface area contributed by atoms with Crippen molar-refractivity contribution in [2.75, 3.05) is 6.26 Å². The Morgan fingerprint density at radius 1 is 1.50 bits per heavy atom. The van der Waals surface area contributed by atoms with Gasteiger partial charge in [-0.2, -0.15) is 5.10 Å². The smallest absolute Gasteiger partial charge is 0.0786 e. The van der Waals surface area contributed by atoms with Crippen LogP contribution in [0.5, 0.6) is 0 Å². The molecule has 0 unspecified atom stereocenters. The van der Waals surface area contributed by atoms with Crippen LogP contribution in [0.4, 0.5) is 0 Å². The minimum atomic E-state index is 0.758. The summed E-state index contributed by atoms with van der Waals surface area (Å²) in [5.74, 6) is 0. The number of H-pyrrole nitrogens is 1. The van der Waals surface area contributed by atoms with Gasteiger partial charge in [0.15, 0.2) is 0 Å². The van der Waals surface area contributed by atoms with E-state index in [1.54, 1.807) is 18.0 Å². The predicted molar refractivity (Wildman–Crippen MR) is 52.9 cm³/mol. The summed E-state index contributed by atoms with van der Waals surface area (Å²) in [7, 11) is 0. The minimum absolute atomic E-state index is 0.758. The molecule has 1 aromatic carbocycles. The van der Waals surface area contributed by atoms with Gasteiger partial charge < -0.3 is 0 Å². The number of aromatic amines is 1. The zero-order valence-corrected chi connectivity index (χ0v) is 8.04. The Labute approximate surface area is 79.3 Å². The highest BCUT2D eigenvalue weighted by atomic mass is 35.5. The van der Waals surface area contributed by atoms with Crippen LogP contribution in [-0.2, 0) is 0 Å². The number of fused-ring (bicyclic) bond motifs is 1. The number of aromatic nitrogens is 2. The molecule has 0 fully saturated rings. The van der Waals surface area contributed by atoms with Gasteiger partial charge in [-0.05, 0) is 18.4 Å². The first-order valence-corrected chi connectivity index (χ1v) is 5.08. The molecule has 0 bridgehead atoms. The van der Waals surface area contributed by atoms with E-state index in [1.165, 1.54) is 0 Å². The van der Waals surface area contributed by atoms with Crippen molar-refractivity contribution in [2.24, 2.45) is 0 Å². The van der Waals surface area contributed by atoms with Gasteiger partial charge in [0.05, 0.1) is 11.7 Å². The summed E-state index contributed by atoms with van der Waals surface area (Å²) < 4.78 is 0. The number of halogens is 1. The second kappa shape index (κ2) is 2.99. The maximum Gasteiger partial charge on any atom is 0.0786 e. The molecule has 2 aromatic rings. The van der Waals surface area contributed by atoms with Crippen molar-refractivity contribution in [3.63, 3.8) is 0 Å². The standard InChI is InChI=1S/C8H7ClN2S/c1-12-7-3-6(9)2-5-4-10-11-8(5)7/h2-4H,1H3,(H,10,11). The molecule has 62 valence electrons. The Balaban J connectivity index is 2.80. The third-order valence-corrected chi connectivity index (χ3v) is 2.68. The number of rotatable bonds is 1. The summed E-state index contributed by atoms with van der Waals surface area (Å²) in [6.45, 7) is 0. The molecule has 0 aliphatic heterocycles. The molecule has 0 radical (unpaired) electrons. The van der Waals surface area contributed by atoms with Crippen LogP contribution < -0.4 is 0 Å². The van der Waals surface area contributed by atoms with Crippen LogP contribution in [-0.4, -0.2) is 16.5 Å². The number of thioether (sulfide) groups is 1. The van der Waals surface area contributed by atoms with Crippen LogP contribution in [0.2, 0.25) is 5.02 Å². The largest absolute Gasteiger partial charge is 0.277 e. The van der Waals surface area contributed by atoms with Gasteiger partial charge in [-0.3, -0.25) is 5.10 Å². The molecule has 0 saturated carbocycles. The summed E-state index contributed by atoms with van der Waals surface area (Å²) >= 11 is 7.57. The molecule has 0 saturated heterocycles. The number of benzene rings is 1. The van der Waals surface area contributed by atoms with Crippen LogP contribution in [0, 0.1) is 0 Å². The first-order valence-electron chi connectivity index (χ1n) is 3.48. The number of nitrogens with one attached hydrogen (secondary N) is 1. The Kier molecular flexibility index (Phi) is 1.98. The number of hydrogen-bond acceptors (Lipinski definition) is 2. The molecule has 1 aromatic heterocycles. The normalized spacial score (nSPS) is 10.8. The second-order valence-electron chi connectivity index (χ2n) is 2.44. The van der Waals surface area contributed by atoms with Crippen LogP contribution in [0.1, 0.15) is 0 Å². The lowest BCUT2D eigenvalue weighted by atomic mass is 10.3. The van der Waals surface area contributed by atoms with Crippen molar-refractivity contribution in [1.29, 1.82) is 0 Å². The first-order chi connectivity index (χ1) is 5.81. The highest BCUT2D eigenvalue weighted by molar-refractivity contribution is 7.98. The molecule has 0 amide bonds. The maximum atomic E-state index is 5.90. The Morgan fingerprint density at radius 3 is 3.08 bits per heavy atom. The van der Waals surface area contributed by atoms with E-state index in [2.05, 4.69) is 10.2 Å². The van der Waals surface area contributed by atoms with Crippen molar-refractivity contribution in [3.05, 3.63) is 23.4 Å². The fourth-order valence-corrected chi connectivity index (χ4v) is 2.05. The Hall–Kier alpha value is -0.670. The van der Waals surface area contributed by atoms with Gasteiger partial charge in [-0.1, -0.05) is 11.6 Å². The van der Waals surface area contributed by atoms with E-state index in [9.17, 15) is 0 Å². The quantitative estimate of drug-likeness (QED) is 0.714. The lowest BCUT2D eigenvalue weighted by molar-refractivity contribution is 1.11. The van der Waals surface area contributed by atoms with Crippen molar-refractivity contribution < 1.29 is 0 Å². The van der Waals surface area contributed by atoms with E-state index in [0.29, 0.717) is 0 Å². The van der Waals surface area contributed by atoms with Crippen LogP contribution in [0.25, 0.3) is 10.9 Å². The molecule has 4 heteroatoms. The van der Waals surface area contributed by atoms with E-state index >= 15 is 0 Å². The van der Waals surface area contributed by atoms with E-state index in [0.717, 1.165) is 20.8 Å². The zero-order chi connectivity index (χ0) is 8.55. The summed E-state index contributed by atoms with van der Waals surface area (Å²) in [5, 5.41) is 8.71. The monoisotopic (exact) mass is 198 g/mol. The average Bonchev–Trinajstić information content (AvgIpc) is 2.50. The molecular formula is C8H7ClN2S. The van der Waals surface area contributed by atoms with Gasteiger partial charge in [0, 0.05) is 15.3 Å². The lowest BCUT2D eigenvalue weighted by Gasteiger charge is -1.98. The summed E-state index contributed by atoms with van der Waals surface area (Å²) in [6, 6.07) is 3.84. The highest BCUT2D eigenvalue weighted by Gasteiger charge is 2.03. The van der Waals surface area contributed by atoms with Crippen LogP contribution in [0.3, 0.4) is 0 Å². The summed E-state index contributed by atoms with van der Waals surface area (Å²) in [5.41, 5.74) is 1.06. The zero-order valence-electron chi connectivity index (χ0n) is 6.47. The van der Waals surface area contributed by atoms with Crippen molar-refractivity contribution in [3.8, 4) is 0 Å². The number of hydrogen-bond donors (Lipinski definition) is 1. The average molecular weight is 199 g/mol. The van der Waals surface area contributed by atoms with Crippen molar-refractivity contribution in [1.82, 2.24) is 10.2 Å². The van der Waals surface area contributed by atoms with Gasteiger partial charge in [-0.15, -0.1) is 11.8 Å². The summed E-state index contributed by atoms with van der Waals surface area (Å²) in [4.78, 5) is 1.13. The van der Waals surface area contributed by atoms with E-state index in [-0.39, 0.29) is 0 Å². The second-order valence-corrected chi connectivity index (χ2v) is 3.73. The fourth-order valence-electron chi connectivity index (χ4n) is 1.15. The first kappa shape index (κ1) is 7.95. The molecule has 1 heterocycles. The third kappa shape index (κ3) is 1.19. The van der Waals surface area contributed by atoms with Gasteiger partial charge in [-0.25, -0.2) is 0 Å². The maximum absolute atomic E-state index is 5.90. The van der Waals surface area contributed by atoms with Crippen LogP contribution >= 0.6 is 23.4 Å². The van der Waals surface area contributed by atoms with E-state index in [4.69, 9.17) is 11.6 Å². The van der Waals surface area contributed by atoms with Crippen molar-refractivity contribution in [2.45, 2.75) is 4.90 Å². The van der Waals surface area contributed by atoms with E-state index < -0.39 is 0 Å². The van der Waals surface area contributed by atoms with Gasteiger partial charge in [0.2, 0.25) is 0 Å². The molecule has 1 N–H and O–H groups in total. The molecule has 0 aliphatic rings. The molecule has 2 nitrogen and oxygen atoms in total. The topological polar surface area (TPSA) is 28.7 Å². The Morgan fingerprint density at radius 2 is 2.33 bits per heavy atom. The lowest BCUT2D eigenvalue weighted by Crippen LogP contribution is -1.75. The molecule has 12 heavy (non-hydrogen) atoms. The van der Waals surface area contributed by atoms with Crippen LogP contribution in [0.15, 0.2) is 23.2 Å². The Bertz CT molecular complexity index is 410. The fraction of sp³-hybridized carbons (Fsp3) is 0.125. The molecule has 2 rings (SSSR count). The molecule has 0 atom stereocenters. The number of nitrogens with zero attached hydrogens (tertiary/aromatic N) is 1. The van der Waals surface area contributed by atoms with Gasteiger partial charge >= 0.3 is 0 Å².